The predicted molar refractivity (Wildman–Crippen MR) is 80.2 cm³/mol. The molecule has 4 nitrogen and oxygen atoms in total. The van der Waals surface area contributed by atoms with Gasteiger partial charge in [0, 0.05) is 11.1 Å². The molecule has 0 heterocycles. The van der Waals surface area contributed by atoms with Crippen LogP contribution in [0.25, 0.3) is 21.5 Å². The molecule has 0 atom stereocenters. The largest absolute Gasteiger partial charge is 0.411 e. The summed E-state index contributed by atoms with van der Waals surface area (Å²) in [6.45, 7) is 0. The molecule has 0 aliphatic heterocycles. The number of oxime groups is 2. The van der Waals surface area contributed by atoms with E-state index in [1.807, 2.05) is 48.5 Å². The Bertz CT molecular complexity index is 711. The van der Waals surface area contributed by atoms with E-state index in [9.17, 15) is 0 Å². The van der Waals surface area contributed by atoms with Gasteiger partial charge in [0.1, 0.15) is 0 Å². The third kappa shape index (κ3) is 1.78. The quantitative estimate of drug-likeness (QED) is 0.321. The SMILES string of the molecule is ON=Cc1c2ccccc2c(C=NO)c2ccccc12. The van der Waals surface area contributed by atoms with Crippen LogP contribution in [0.15, 0.2) is 58.8 Å². The highest BCUT2D eigenvalue weighted by atomic mass is 16.4. The summed E-state index contributed by atoms with van der Waals surface area (Å²) >= 11 is 0. The Morgan fingerprint density at radius 3 is 1.15 bits per heavy atom. The van der Waals surface area contributed by atoms with Crippen molar-refractivity contribution in [2.75, 3.05) is 0 Å². The molecule has 2 N–H and O–H groups in total. The molecule has 3 rings (SSSR count). The fourth-order valence-electron chi connectivity index (χ4n) is 2.59. The first kappa shape index (κ1) is 12.2. The Balaban J connectivity index is 2.61. The van der Waals surface area contributed by atoms with E-state index in [2.05, 4.69) is 10.3 Å². The van der Waals surface area contributed by atoms with Crippen LogP contribution in [-0.2, 0) is 0 Å². The van der Waals surface area contributed by atoms with Crippen molar-refractivity contribution in [3.8, 4) is 0 Å². The van der Waals surface area contributed by atoms with E-state index in [1.165, 1.54) is 12.4 Å². The molecule has 0 aliphatic rings. The minimum Gasteiger partial charge on any atom is -0.411 e. The molecule has 0 unspecified atom stereocenters. The van der Waals surface area contributed by atoms with E-state index in [-0.39, 0.29) is 0 Å². The molecule has 0 aliphatic carbocycles. The molecule has 3 aromatic carbocycles. The maximum Gasteiger partial charge on any atom is 0.0746 e. The Morgan fingerprint density at radius 1 is 0.600 bits per heavy atom. The van der Waals surface area contributed by atoms with Gasteiger partial charge in [-0.15, -0.1) is 0 Å². The number of fused-ring (bicyclic) bond motifs is 2. The van der Waals surface area contributed by atoms with Gasteiger partial charge in [-0.25, -0.2) is 0 Å². The van der Waals surface area contributed by atoms with Crippen molar-refractivity contribution < 1.29 is 10.4 Å². The summed E-state index contributed by atoms with van der Waals surface area (Å²) in [5.74, 6) is 0. The average molecular weight is 264 g/mol. The van der Waals surface area contributed by atoms with Crippen LogP contribution in [0.4, 0.5) is 0 Å². The van der Waals surface area contributed by atoms with Crippen LogP contribution in [0.2, 0.25) is 0 Å². The van der Waals surface area contributed by atoms with Gasteiger partial charge < -0.3 is 10.4 Å². The van der Waals surface area contributed by atoms with E-state index >= 15 is 0 Å². The van der Waals surface area contributed by atoms with Gasteiger partial charge in [-0.3, -0.25) is 0 Å². The first-order valence-corrected chi connectivity index (χ1v) is 6.15. The predicted octanol–water partition coefficient (Wildman–Crippen LogP) is 3.61. The van der Waals surface area contributed by atoms with E-state index in [0.717, 1.165) is 32.7 Å². The fourth-order valence-corrected chi connectivity index (χ4v) is 2.59. The van der Waals surface area contributed by atoms with Crippen molar-refractivity contribution in [2.45, 2.75) is 0 Å². The third-order valence-corrected chi connectivity index (χ3v) is 3.39. The van der Waals surface area contributed by atoms with Crippen LogP contribution >= 0.6 is 0 Å². The summed E-state index contributed by atoms with van der Waals surface area (Å²) < 4.78 is 0. The number of nitrogens with zero attached hydrogens (tertiary/aromatic N) is 2. The summed E-state index contributed by atoms with van der Waals surface area (Å²) in [4.78, 5) is 0. The van der Waals surface area contributed by atoms with Crippen LogP contribution in [-0.4, -0.2) is 22.8 Å². The molecule has 0 aromatic heterocycles. The van der Waals surface area contributed by atoms with Gasteiger partial charge in [0.05, 0.1) is 12.4 Å². The molecule has 98 valence electrons. The van der Waals surface area contributed by atoms with E-state index in [4.69, 9.17) is 10.4 Å². The highest BCUT2D eigenvalue weighted by Gasteiger charge is 2.11. The first-order valence-electron chi connectivity index (χ1n) is 6.15. The van der Waals surface area contributed by atoms with Gasteiger partial charge in [-0.1, -0.05) is 58.8 Å². The zero-order chi connectivity index (χ0) is 13.9. The normalized spacial score (nSPS) is 12.0. The summed E-state index contributed by atoms with van der Waals surface area (Å²) in [5, 5.41) is 28.0. The minimum absolute atomic E-state index is 0.841. The Hall–Kier alpha value is -2.88. The molecular formula is C16H12N2O2. The number of hydrogen-bond donors (Lipinski definition) is 2. The summed E-state index contributed by atoms with van der Waals surface area (Å²) in [5.41, 5.74) is 1.68. The molecule has 0 spiro atoms. The van der Waals surface area contributed by atoms with Crippen molar-refractivity contribution in [3.63, 3.8) is 0 Å². The van der Waals surface area contributed by atoms with Crippen molar-refractivity contribution >= 4 is 34.0 Å². The molecule has 0 radical (unpaired) electrons. The van der Waals surface area contributed by atoms with Crippen LogP contribution in [0.3, 0.4) is 0 Å². The van der Waals surface area contributed by atoms with E-state index < -0.39 is 0 Å². The molecule has 0 saturated carbocycles. The molecule has 3 aromatic rings. The first-order chi connectivity index (χ1) is 9.86. The summed E-state index contributed by atoms with van der Waals surface area (Å²) in [6, 6.07) is 15.5. The lowest BCUT2D eigenvalue weighted by Gasteiger charge is -2.11. The Morgan fingerprint density at radius 2 is 0.900 bits per heavy atom. The van der Waals surface area contributed by atoms with Crippen molar-refractivity contribution in [1.82, 2.24) is 0 Å². The molecule has 0 bridgehead atoms. The Labute approximate surface area is 115 Å². The van der Waals surface area contributed by atoms with E-state index in [1.54, 1.807) is 0 Å². The maximum atomic E-state index is 8.91. The topological polar surface area (TPSA) is 65.2 Å². The van der Waals surface area contributed by atoms with Crippen LogP contribution < -0.4 is 0 Å². The maximum absolute atomic E-state index is 8.91. The zero-order valence-corrected chi connectivity index (χ0v) is 10.6. The molecule has 4 heteroatoms. The number of rotatable bonds is 2. The van der Waals surface area contributed by atoms with Crippen LogP contribution in [0.5, 0.6) is 0 Å². The molecular weight excluding hydrogens is 252 g/mol. The van der Waals surface area contributed by atoms with Crippen molar-refractivity contribution in [3.05, 3.63) is 59.7 Å². The van der Waals surface area contributed by atoms with Gasteiger partial charge in [0.25, 0.3) is 0 Å². The van der Waals surface area contributed by atoms with Gasteiger partial charge in [0.2, 0.25) is 0 Å². The van der Waals surface area contributed by atoms with Crippen LogP contribution in [0, 0.1) is 0 Å². The second kappa shape index (κ2) is 5.01. The summed E-state index contributed by atoms with van der Waals surface area (Å²) in [7, 11) is 0. The average Bonchev–Trinajstić information content (AvgIpc) is 2.50. The molecule has 0 amide bonds. The molecule has 0 fully saturated rings. The zero-order valence-electron chi connectivity index (χ0n) is 10.6. The van der Waals surface area contributed by atoms with Gasteiger partial charge in [-0.05, 0) is 21.5 Å². The number of hydrogen-bond acceptors (Lipinski definition) is 4. The molecule has 0 saturated heterocycles. The highest BCUT2D eigenvalue weighted by Crippen LogP contribution is 2.31. The monoisotopic (exact) mass is 264 g/mol. The van der Waals surface area contributed by atoms with E-state index in [0.29, 0.717) is 0 Å². The lowest BCUT2D eigenvalue weighted by Crippen LogP contribution is -1.94. The van der Waals surface area contributed by atoms with Crippen molar-refractivity contribution in [2.24, 2.45) is 10.3 Å². The standard InChI is InChI=1S/C16H12N2O2/c19-17-9-15-11-5-1-2-6-12(11)16(10-18-20)14-8-4-3-7-13(14)15/h1-10,19-20H. The molecule has 20 heavy (non-hydrogen) atoms. The Kier molecular flexibility index (Phi) is 3.05. The van der Waals surface area contributed by atoms with Crippen LogP contribution in [0.1, 0.15) is 11.1 Å². The number of benzene rings is 3. The highest BCUT2D eigenvalue weighted by molar-refractivity contribution is 6.21. The van der Waals surface area contributed by atoms with Crippen molar-refractivity contribution in [1.29, 1.82) is 0 Å². The van der Waals surface area contributed by atoms with Gasteiger partial charge in [0.15, 0.2) is 0 Å². The second-order valence-electron chi connectivity index (χ2n) is 4.41. The van der Waals surface area contributed by atoms with Gasteiger partial charge in [-0.2, -0.15) is 0 Å². The lowest BCUT2D eigenvalue weighted by atomic mass is 9.92. The lowest BCUT2D eigenvalue weighted by molar-refractivity contribution is 0.321. The second-order valence-corrected chi connectivity index (χ2v) is 4.41. The smallest absolute Gasteiger partial charge is 0.0746 e. The third-order valence-electron chi connectivity index (χ3n) is 3.39. The minimum atomic E-state index is 0.841. The van der Waals surface area contributed by atoms with Gasteiger partial charge >= 0.3 is 0 Å². The fraction of sp³-hybridized carbons (Fsp3) is 0. The summed E-state index contributed by atoms with van der Waals surface area (Å²) in [6.07, 6.45) is 2.87.